The van der Waals surface area contributed by atoms with Gasteiger partial charge in [-0.1, -0.05) is 15.9 Å². The van der Waals surface area contributed by atoms with Crippen LogP contribution in [0.1, 0.15) is 10.5 Å². The van der Waals surface area contributed by atoms with Crippen molar-refractivity contribution >= 4 is 27.7 Å². The van der Waals surface area contributed by atoms with Crippen molar-refractivity contribution in [3.05, 3.63) is 27.9 Å². The maximum absolute atomic E-state index is 11.6. The van der Waals surface area contributed by atoms with Gasteiger partial charge in [0, 0.05) is 19.7 Å². The monoisotopic (exact) mass is 305 g/mol. The first-order chi connectivity index (χ1) is 8.04. The number of nitrogens with zero attached hydrogens (tertiary/aromatic N) is 1. The standard InChI is InChI=1S/C9H12BrN3O4/c1-17-5-6(10)4-11-9(14)7-2-3-8(12-7)13(15)16/h2-3,6,12H,4-5H2,1H3,(H,11,14). The summed E-state index contributed by atoms with van der Waals surface area (Å²) in [6.45, 7) is 0.838. The molecule has 1 aromatic rings. The summed E-state index contributed by atoms with van der Waals surface area (Å²) in [5.41, 5.74) is 0.161. The van der Waals surface area contributed by atoms with Crippen LogP contribution < -0.4 is 5.32 Å². The first kappa shape index (κ1) is 13.7. The summed E-state index contributed by atoms with van der Waals surface area (Å²) in [4.78, 5) is 23.8. The van der Waals surface area contributed by atoms with E-state index in [0.717, 1.165) is 0 Å². The van der Waals surface area contributed by atoms with E-state index in [4.69, 9.17) is 4.74 Å². The van der Waals surface area contributed by atoms with Crippen molar-refractivity contribution in [1.29, 1.82) is 0 Å². The van der Waals surface area contributed by atoms with Gasteiger partial charge in [0.25, 0.3) is 5.91 Å². The second kappa shape index (κ2) is 6.36. The molecule has 1 heterocycles. The van der Waals surface area contributed by atoms with Crippen LogP contribution in [-0.2, 0) is 4.74 Å². The number of H-pyrrole nitrogens is 1. The number of amides is 1. The lowest BCUT2D eigenvalue weighted by atomic mass is 10.4. The van der Waals surface area contributed by atoms with Crippen molar-refractivity contribution < 1.29 is 14.5 Å². The molecule has 1 unspecified atom stereocenters. The van der Waals surface area contributed by atoms with Crippen LogP contribution >= 0.6 is 15.9 Å². The number of rotatable bonds is 6. The van der Waals surface area contributed by atoms with Crippen LogP contribution in [0.25, 0.3) is 0 Å². The molecule has 0 radical (unpaired) electrons. The van der Waals surface area contributed by atoms with Crippen molar-refractivity contribution in [2.24, 2.45) is 0 Å². The molecule has 0 aliphatic rings. The molecule has 1 aromatic heterocycles. The molecular formula is C9H12BrN3O4. The molecule has 8 heteroatoms. The molecule has 0 saturated carbocycles. The molecule has 1 rings (SSSR count). The lowest BCUT2D eigenvalue weighted by Gasteiger charge is -2.08. The van der Waals surface area contributed by atoms with E-state index in [2.05, 4.69) is 26.2 Å². The van der Waals surface area contributed by atoms with Crippen LogP contribution in [0.3, 0.4) is 0 Å². The molecule has 0 aromatic carbocycles. The number of alkyl halides is 1. The van der Waals surface area contributed by atoms with E-state index in [1.165, 1.54) is 12.1 Å². The Kier molecular flexibility index (Phi) is 5.11. The summed E-state index contributed by atoms with van der Waals surface area (Å²) < 4.78 is 4.88. The number of aromatic amines is 1. The third-order valence-electron chi connectivity index (χ3n) is 1.94. The minimum atomic E-state index is -0.588. The Bertz CT molecular complexity index is 407. The van der Waals surface area contributed by atoms with Crippen molar-refractivity contribution in [3.63, 3.8) is 0 Å². The maximum atomic E-state index is 11.6. The fraction of sp³-hybridized carbons (Fsp3) is 0.444. The summed E-state index contributed by atoms with van der Waals surface area (Å²) in [5, 5.41) is 13.0. The molecule has 7 nitrogen and oxygen atoms in total. The highest BCUT2D eigenvalue weighted by Crippen LogP contribution is 2.09. The zero-order chi connectivity index (χ0) is 12.8. The van der Waals surface area contributed by atoms with Gasteiger partial charge in [0.2, 0.25) is 0 Å². The van der Waals surface area contributed by atoms with Gasteiger partial charge in [-0.2, -0.15) is 0 Å². The Balaban J connectivity index is 2.49. The van der Waals surface area contributed by atoms with Crippen LogP contribution in [-0.4, -0.2) is 40.9 Å². The van der Waals surface area contributed by atoms with Gasteiger partial charge in [0.15, 0.2) is 5.69 Å². The fourth-order valence-corrected chi connectivity index (χ4v) is 1.59. The second-order valence-electron chi connectivity index (χ2n) is 3.28. The molecule has 94 valence electrons. The van der Waals surface area contributed by atoms with Gasteiger partial charge in [-0.05, 0) is 11.0 Å². The van der Waals surface area contributed by atoms with Gasteiger partial charge in [-0.25, -0.2) is 4.98 Å². The van der Waals surface area contributed by atoms with E-state index < -0.39 is 10.8 Å². The van der Waals surface area contributed by atoms with E-state index in [9.17, 15) is 14.9 Å². The quantitative estimate of drug-likeness (QED) is 0.466. The number of methoxy groups -OCH3 is 1. The van der Waals surface area contributed by atoms with Crippen LogP contribution in [0.15, 0.2) is 12.1 Å². The van der Waals surface area contributed by atoms with Crippen molar-refractivity contribution in [1.82, 2.24) is 10.3 Å². The predicted molar refractivity (Wildman–Crippen MR) is 64.4 cm³/mol. The molecule has 17 heavy (non-hydrogen) atoms. The van der Waals surface area contributed by atoms with Crippen LogP contribution in [0.5, 0.6) is 0 Å². The van der Waals surface area contributed by atoms with Crippen LogP contribution in [0.4, 0.5) is 5.82 Å². The van der Waals surface area contributed by atoms with Gasteiger partial charge in [-0.3, -0.25) is 4.79 Å². The van der Waals surface area contributed by atoms with Crippen LogP contribution in [0.2, 0.25) is 0 Å². The second-order valence-corrected chi connectivity index (χ2v) is 4.57. The van der Waals surface area contributed by atoms with Crippen molar-refractivity contribution in [3.8, 4) is 0 Å². The van der Waals surface area contributed by atoms with Crippen molar-refractivity contribution in [2.75, 3.05) is 20.3 Å². The number of hydrogen-bond acceptors (Lipinski definition) is 4. The Morgan fingerprint density at radius 2 is 2.41 bits per heavy atom. The summed E-state index contributed by atoms with van der Waals surface area (Å²) >= 11 is 3.31. The number of ether oxygens (including phenoxy) is 1. The Labute approximate surface area is 106 Å². The number of nitro groups is 1. The topological polar surface area (TPSA) is 97.3 Å². The predicted octanol–water partition coefficient (Wildman–Crippen LogP) is 1.06. The lowest BCUT2D eigenvalue weighted by Crippen LogP contribution is -2.31. The summed E-state index contributed by atoms with van der Waals surface area (Å²) in [5.74, 6) is -0.596. The van der Waals surface area contributed by atoms with Gasteiger partial charge in [0.1, 0.15) is 0 Å². The molecular weight excluding hydrogens is 294 g/mol. The van der Waals surface area contributed by atoms with E-state index in [1.54, 1.807) is 7.11 Å². The summed E-state index contributed by atoms with van der Waals surface area (Å²) in [6.07, 6.45) is 0. The summed E-state index contributed by atoms with van der Waals surface area (Å²) in [7, 11) is 1.56. The van der Waals surface area contributed by atoms with Gasteiger partial charge in [0.05, 0.1) is 11.4 Å². The first-order valence-electron chi connectivity index (χ1n) is 4.79. The van der Waals surface area contributed by atoms with Gasteiger partial charge >= 0.3 is 5.82 Å². The number of carbonyl (C=O) groups is 1. The largest absolute Gasteiger partial charge is 0.383 e. The molecule has 1 amide bonds. The molecule has 0 bridgehead atoms. The zero-order valence-electron chi connectivity index (χ0n) is 9.10. The third-order valence-corrected chi connectivity index (χ3v) is 2.53. The SMILES string of the molecule is COCC(Br)CNC(=O)c1ccc([N+](=O)[O-])[nH]1. The molecule has 0 saturated heterocycles. The molecule has 0 aliphatic heterocycles. The highest BCUT2D eigenvalue weighted by Gasteiger charge is 2.15. The maximum Gasteiger partial charge on any atom is 0.321 e. The van der Waals surface area contributed by atoms with Crippen LogP contribution in [0, 0.1) is 10.1 Å². The zero-order valence-corrected chi connectivity index (χ0v) is 10.7. The summed E-state index contributed by atoms with van der Waals surface area (Å²) in [6, 6.07) is 2.61. The Hall–Kier alpha value is -1.41. The smallest absolute Gasteiger partial charge is 0.321 e. The van der Waals surface area contributed by atoms with Gasteiger partial charge in [-0.15, -0.1) is 0 Å². The van der Waals surface area contributed by atoms with E-state index >= 15 is 0 Å². The fourth-order valence-electron chi connectivity index (χ4n) is 1.16. The molecule has 1 atom stereocenters. The highest BCUT2D eigenvalue weighted by molar-refractivity contribution is 9.09. The lowest BCUT2D eigenvalue weighted by molar-refractivity contribution is -0.389. The first-order valence-corrected chi connectivity index (χ1v) is 5.70. The molecule has 0 aliphatic carbocycles. The number of nitrogens with one attached hydrogen (secondary N) is 2. The Morgan fingerprint density at radius 1 is 1.71 bits per heavy atom. The number of carbonyl (C=O) groups excluding carboxylic acids is 1. The normalized spacial score (nSPS) is 12.1. The third kappa shape index (κ3) is 4.16. The van der Waals surface area contributed by atoms with E-state index in [1.807, 2.05) is 0 Å². The minimum Gasteiger partial charge on any atom is -0.383 e. The molecule has 0 spiro atoms. The van der Waals surface area contributed by atoms with E-state index in [0.29, 0.717) is 13.2 Å². The van der Waals surface area contributed by atoms with Crippen molar-refractivity contribution in [2.45, 2.75) is 4.83 Å². The van der Waals surface area contributed by atoms with E-state index in [-0.39, 0.29) is 16.3 Å². The average Bonchev–Trinajstić information content (AvgIpc) is 2.75. The molecule has 0 fully saturated rings. The minimum absolute atomic E-state index is 0.00129. The Morgan fingerprint density at radius 3 is 2.94 bits per heavy atom. The van der Waals surface area contributed by atoms with Gasteiger partial charge < -0.3 is 20.2 Å². The molecule has 2 N–H and O–H groups in total. The number of hydrogen-bond donors (Lipinski definition) is 2. The highest BCUT2D eigenvalue weighted by atomic mass is 79.9. The average molecular weight is 306 g/mol. The number of aromatic nitrogens is 1. The number of halogens is 1.